The van der Waals surface area contributed by atoms with Gasteiger partial charge >= 0.3 is 6.18 Å². The van der Waals surface area contributed by atoms with Crippen molar-refractivity contribution < 1.29 is 17.9 Å². The molecule has 2 N–H and O–H groups in total. The van der Waals surface area contributed by atoms with Crippen LogP contribution in [0.3, 0.4) is 0 Å². The van der Waals surface area contributed by atoms with Gasteiger partial charge in [0.25, 0.3) is 6.02 Å². The summed E-state index contributed by atoms with van der Waals surface area (Å²) in [6.07, 6.45) is 5.41. The van der Waals surface area contributed by atoms with Crippen LogP contribution in [0.15, 0.2) is 47.9 Å². The fraction of sp³-hybridized carbons (Fsp3) is 0.167. The van der Waals surface area contributed by atoms with Crippen LogP contribution in [-0.2, 0) is 10.9 Å². The highest BCUT2D eigenvalue weighted by atomic mass is 19.4. The first-order valence-electron chi connectivity index (χ1n) is 7.79. The van der Waals surface area contributed by atoms with Crippen molar-refractivity contribution in [3.05, 3.63) is 54.1 Å². The Bertz CT molecular complexity index is 914. The lowest BCUT2D eigenvalue weighted by Crippen LogP contribution is -2.26. The Morgan fingerprint density at radius 2 is 1.93 bits per heavy atom. The Morgan fingerprint density at radius 3 is 2.56 bits per heavy atom. The Hall–Kier alpha value is -3.54. The average Bonchev–Trinajstić information content (AvgIpc) is 2.67. The number of rotatable bonds is 4. The minimum Gasteiger partial charge on any atom is -0.452 e. The van der Waals surface area contributed by atoms with E-state index in [9.17, 15) is 13.2 Å². The van der Waals surface area contributed by atoms with Gasteiger partial charge in [-0.2, -0.15) is 13.2 Å². The number of ether oxygens (including phenoxy) is 1. The highest BCUT2D eigenvalue weighted by Gasteiger charge is 2.30. The molecule has 2 heterocycles. The number of hydrogen-bond acceptors (Lipinski definition) is 6. The summed E-state index contributed by atoms with van der Waals surface area (Å²) in [5, 5.41) is 5.85. The number of terminal acetylenes is 1. The zero-order valence-electron chi connectivity index (χ0n) is 13.9. The van der Waals surface area contributed by atoms with Gasteiger partial charge in [0.1, 0.15) is 5.69 Å². The quantitative estimate of drug-likeness (QED) is 0.806. The molecule has 0 amide bonds. The molecule has 1 aliphatic heterocycles. The fourth-order valence-electron chi connectivity index (χ4n) is 2.28. The van der Waals surface area contributed by atoms with Crippen LogP contribution in [0.2, 0.25) is 0 Å². The van der Waals surface area contributed by atoms with E-state index in [-0.39, 0.29) is 13.2 Å². The molecule has 1 aromatic carbocycles. The molecule has 0 saturated carbocycles. The summed E-state index contributed by atoms with van der Waals surface area (Å²) in [6.45, 7) is 0.383. The Labute approximate surface area is 153 Å². The molecule has 1 aromatic heterocycles. The first-order chi connectivity index (χ1) is 13.0. The van der Waals surface area contributed by atoms with Crippen molar-refractivity contribution in [2.45, 2.75) is 6.18 Å². The number of amidine groups is 1. The third kappa shape index (κ3) is 4.55. The molecule has 0 unspecified atom stereocenters. The number of alkyl halides is 3. The van der Waals surface area contributed by atoms with Gasteiger partial charge in [-0.25, -0.2) is 9.98 Å². The number of nitrogens with zero attached hydrogens (tertiary/aromatic N) is 3. The van der Waals surface area contributed by atoms with Crippen LogP contribution in [0, 0.1) is 12.3 Å². The molecule has 0 saturated heterocycles. The zero-order valence-corrected chi connectivity index (χ0v) is 13.9. The summed E-state index contributed by atoms with van der Waals surface area (Å²) in [4.78, 5) is 12.7. The van der Waals surface area contributed by atoms with Crippen LogP contribution < -0.4 is 10.6 Å². The zero-order chi connectivity index (χ0) is 19.3. The third-order valence-corrected chi connectivity index (χ3v) is 3.53. The molecular weight excluding hydrogens is 359 g/mol. The van der Waals surface area contributed by atoms with E-state index in [4.69, 9.17) is 11.2 Å². The summed E-state index contributed by atoms with van der Waals surface area (Å²) >= 11 is 0. The molecule has 0 fully saturated rings. The third-order valence-electron chi connectivity index (χ3n) is 3.53. The van der Waals surface area contributed by atoms with Crippen molar-refractivity contribution in [1.82, 2.24) is 15.3 Å². The molecule has 0 spiro atoms. The second-order valence-corrected chi connectivity index (χ2v) is 5.38. The lowest BCUT2D eigenvalue weighted by Gasteiger charge is -2.16. The number of hydrogen-bond donors (Lipinski definition) is 2. The van der Waals surface area contributed by atoms with Crippen molar-refractivity contribution in [3.63, 3.8) is 0 Å². The lowest BCUT2D eigenvalue weighted by atomic mass is 10.1. The van der Waals surface area contributed by atoms with Gasteiger partial charge in [0, 0.05) is 29.9 Å². The number of aromatic nitrogens is 2. The fourth-order valence-corrected chi connectivity index (χ4v) is 2.28. The van der Waals surface area contributed by atoms with E-state index in [0.29, 0.717) is 23.2 Å². The number of halogens is 3. The van der Waals surface area contributed by atoms with Gasteiger partial charge in [-0.05, 0) is 24.3 Å². The molecule has 9 heteroatoms. The molecule has 0 radical (unpaired) electrons. The van der Waals surface area contributed by atoms with Crippen LogP contribution >= 0.6 is 0 Å². The summed E-state index contributed by atoms with van der Waals surface area (Å²) in [6, 6.07) is 4.97. The minimum atomic E-state index is -4.38. The van der Waals surface area contributed by atoms with Gasteiger partial charge in [0.2, 0.25) is 0 Å². The Morgan fingerprint density at radius 1 is 1.19 bits per heavy atom. The monoisotopic (exact) mass is 373 g/mol. The van der Waals surface area contributed by atoms with Gasteiger partial charge in [-0.1, -0.05) is 5.92 Å². The average molecular weight is 373 g/mol. The van der Waals surface area contributed by atoms with Crippen LogP contribution in [0.5, 0.6) is 0 Å². The first kappa shape index (κ1) is 18.3. The number of anilines is 2. The predicted octanol–water partition coefficient (Wildman–Crippen LogP) is 3.19. The second kappa shape index (κ2) is 7.78. The molecule has 1 aliphatic rings. The van der Waals surface area contributed by atoms with E-state index < -0.39 is 11.7 Å². The van der Waals surface area contributed by atoms with Crippen molar-refractivity contribution in [3.8, 4) is 12.3 Å². The van der Waals surface area contributed by atoms with E-state index in [1.807, 2.05) is 0 Å². The Kier molecular flexibility index (Phi) is 5.26. The molecule has 27 heavy (non-hydrogen) atoms. The van der Waals surface area contributed by atoms with E-state index in [2.05, 4.69) is 31.5 Å². The SMILES string of the molecule is C#CCOC1=NCC(c2nccnc2Nc2ccc(C(F)(F)F)cc2)=CN1. The number of benzene rings is 1. The predicted molar refractivity (Wildman–Crippen MR) is 95.0 cm³/mol. The standard InChI is InChI=1S/C18H14F3N5O/c1-2-9-27-17-24-10-12(11-25-17)15-16(23-8-7-22-15)26-14-5-3-13(4-6-14)18(19,20)21/h1,3-8,10H,9,11H2,(H,23,26)(H,24,25). The number of aliphatic imine (C=N–C) groups is 1. The topological polar surface area (TPSA) is 71.4 Å². The summed E-state index contributed by atoms with van der Waals surface area (Å²) in [5.41, 5.74) is 0.978. The van der Waals surface area contributed by atoms with Gasteiger partial charge < -0.3 is 15.4 Å². The van der Waals surface area contributed by atoms with E-state index in [1.165, 1.54) is 24.5 Å². The highest BCUT2D eigenvalue weighted by molar-refractivity contribution is 5.84. The van der Waals surface area contributed by atoms with Crippen molar-refractivity contribution in [2.24, 2.45) is 4.99 Å². The smallest absolute Gasteiger partial charge is 0.416 e. The highest BCUT2D eigenvalue weighted by Crippen LogP contribution is 2.31. The largest absolute Gasteiger partial charge is 0.452 e. The summed E-state index contributed by atoms with van der Waals surface area (Å²) in [7, 11) is 0. The molecule has 2 aromatic rings. The maximum atomic E-state index is 12.7. The maximum absolute atomic E-state index is 12.7. The Balaban J connectivity index is 1.76. The molecular formula is C18H14F3N5O. The van der Waals surface area contributed by atoms with Crippen LogP contribution in [0.1, 0.15) is 11.3 Å². The molecule has 0 bridgehead atoms. The molecule has 6 nitrogen and oxygen atoms in total. The molecule has 0 atom stereocenters. The normalized spacial score (nSPS) is 13.7. The van der Waals surface area contributed by atoms with Gasteiger partial charge in [-0.15, -0.1) is 6.42 Å². The van der Waals surface area contributed by atoms with Crippen molar-refractivity contribution >= 4 is 23.1 Å². The van der Waals surface area contributed by atoms with Crippen LogP contribution in [0.4, 0.5) is 24.7 Å². The van der Waals surface area contributed by atoms with Crippen LogP contribution in [-0.4, -0.2) is 29.1 Å². The van der Waals surface area contributed by atoms with E-state index >= 15 is 0 Å². The van der Waals surface area contributed by atoms with Crippen molar-refractivity contribution in [2.75, 3.05) is 18.5 Å². The molecule has 138 valence electrons. The van der Waals surface area contributed by atoms with Crippen LogP contribution in [0.25, 0.3) is 5.57 Å². The molecule has 3 rings (SSSR count). The van der Waals surface area contributed by atoms with Gasteiger partial charge in [0.05, 0.1) is 12.1 Å². The van der Waals surface area contributed by atoms with Crippen molar-refractivity contribution in [1.29, 1.82) is 0 Å². The summed E-state index contributed by atoms with van der Waals surface area (Å²) < 4.78 is 43.2. The molecule has 0 aliphatic carbocycles. The number of nitrogens with one attached hydrogen (secondary N) is 2. The second-order valence-electron chi connectivity index (χ2n) is 5.38. The van der Waals surface area contributed by atoms with Gasteiger partial charge in [-0.3, -0.25) is 4.98 Å². The first-order valence-corrected chi connectivity index (χ1v) is 7.79. The van der Waals surface area contributed by atoms with Gasteiger partial charge in [0.15, 0.2) is 12.4 Å². The summed E-state index contributed by atoms with van der Waals surface area (Å²) in [5.74, 6) is 2.74. The maximum Gasteiger partial charge on any atom is 0.416 e. The van der Waals surface area contributed by atoms with E-state index in [0.717, 1.165) is 17.7 Å². The lowest BCUT2D eigenvalue weighted by molar-refractivity contribution is -0.137. The minimum absolute atomic E-state index is 0.0981. The van der Waals surface area contributed by atoms with E-state index in [1.54, 1.807) is 6.20 Å².